The molecule has 1 aliphatic heterocycles. The molecule has 0 saturated carbocycles. The van der Waals surface area contributed by atoms with Crippen LogP contribution in [-0.2, 0) is 4.79 Å². The average molecular weight is 386 g/mol. The Balaban J connectivity index is 1.86. The molecule has 1 heterocycles. The first-order valence-electron chi connectivity index (χ1n) is 7.33. The van der Waals surface area contributed by atoms with Gasteiger partial charge >= 0.3 is 0 Å². The zero-order chi connectivity index (χ0) is 14.5. The van der Waals surface area contributed by atoms with E-state index in [9.17, 15) is 4.79 Å². The van der Waals surface area contributed by atoms with Crippen LogP contribution in [0.15, 0.2) is 18.2 Å². The smallest absolute Gasteiger partial charge is 0.224 e. The summed E-state index contributed by atoms with van der Waals surface area (Å²) in [5.41, 5.74) is 2.14. The van der Waals surface area contributed by atoms with Crippen LogP contribution in [0.3, 0.4) is 0 Å². The van der Waals surface area contributed by atoms with Gasteiger partial charge in [0.05, 0.1) is 0 Å². The predicted molar refractivity (Wildman–Crippen MR) is 91.9 cm³/mol. The van der Waals surface area contributed by atoms with Crippen LogP contribution < -0.4 is 10.6 Å². The van der Waals surface area contributed by atoms with E-state index in [-0.39, 0.29) is 5.91 Å². The average Bonchev–Trinajstić information content (AvgIpc) is 2.44. The van der Waals surface area contributed by atoms with Crippen LogP contribution in [0.1, 0.15) is 31.7 Å². The van der Waals surface area contributed by atoms with Gasteiger partial charge in [-0.1, -0.05) is 13.0 Å². The van der Waals surface area contributed by atoms with Gasteiger partial charge in [-0.05, 0) is 85.0 Å². The van der Waals surface area contributed by atoms with Gasteiger partial charge in [0.2, 0.25) is 5.91 Å². The number of carbonyl (C=O) groups excluding carboxylic acids is 1. The van der Waals surface area contributed by atoms with Gasteiger partial charge in [0.15, 0.2) is 0 Å². The fourth-order valence-electron chi connectivity index (χ4n) is 2.71. The fourth-order valence-corrected chi connectivity index (χ4v) is 3.22. The number of hydrogen-bond acceptors (Lipinski definition) is 2. The number of halogens is 1. The molecule has 2 rings (SSSR count). The molecule has 0 radical (unpaired) electrons. The summed E-state index contributed by atoms with van der Waals surface area (Å²) >= 11 is 2.30. The summed E-state index contributed by atoms with van der Waals surface area (Å²) in [7, 11) is 0. The number of hydrogen-bond donors (Lipinski definition) is 2. The maximum atomic E-state index is 12.1. The summed E-state index contributed by atoms with van der Waals surface area (Å²) in [5, 5.41) is 6.44. The molecule has 1 aromatic carbocycles. The molecule has 0 aromatic heterocycles. The van der Waals surface area contributed by atoms with Crippen molar-refractivity contribution < 1.29 is 4.79 Å². The summed E-state index contributed by atoms with van der Waals surface area (Å²) in [4.78, 5) is 12.1. The highest BCUT2D eigenvalue weighted by Crippen LogP contribution is 2.23. The van der Waals surface area contributed by atoms with Crippen molar-refractivity contribution in [2.45, 2.75) is 33.1 Å². The van der Waals surface area contributed by atoms with Crippen LogP contribution in [0.2, 0.25) is 0 Å². The number of nitrogens with one attached hydrogen (secondary N) is 2. The van der Waals surface area contributed by atoms with Gasteiger partial charge in [0.25, 0.3) is 0 Å². The second kappa shape index (κ2) is 7.41. The Morgan fingerprint density at radius 1 is 1.55 bits per heavy atom. The van der Waals surface area contributed by atoms with Gasteiger partial charge in [-0.25, -0.2) is 0 Å². The van der Waals surface area contributed by atoms with E-state index in [1.807, 2.05) is 18.2 Å². The lowest BCUT2D eigenvalue weighted by Crippen LogP contribution is -2.34. The molecule has 2 atom stereocenters. The van der Waals surface area contributed by atoms with E-state index in [4.69, 9.17) is 0 Å². The first-order valence-corrected chi connectivity index (χ1v) is 8.41. The second-order valence-electron chi connectivity index (χ2n) is 5.80. The molecular weight excluding hydrogens is 363 g/mol. The number of anilines is 1. The van der Waals surface area contributed by atoms with E-state index >= 15 is 0 Å². The van der Waals surface area contributed by atoms with Crippen molar-refractivity contribution in [2.24, 2.45) is 11.8 Å². The molecule has 0 spiro atoms. The predicted octanol–water partition coefficient (Wildman–Crippen LogP) is 3.56. The maximum absolute atomic E-state index is 12.1. The Labute approximate surface area is 135 Å². The number of amides is 1. The minimum Gasteiger partial charge on any atom is -0.326 e. The van der Waals surface area contributed by atoms with Gasteiger partial charge in [0.1, 0.15) is 0 Å². The summed E-state index contributed by atoms with van der Waals surface area (Å²) in [6, 6.07) is 6.05. The largest absolute Gasteiger partial charge is 0.326 e. The van der Waals surface area contributed by atoms with E-state index in [2.05, 4.69) is 47.1 Å². The third kappa shape index (κ3) is 4.45. The zero-order valence-electron chi connectivity index (χ0n) is 12.2. The summed E-state index contributed by atoms with van der Waals surface area (Å²) in [6.45, 7) is 6.44. The molecule has 1 fully saturated rings. The van der Waals surface area contributed by atoms with Crippen LogP contribution in [0, 0.1) is 22.3 Å². The highest BCUT2D eigenvalue weighted by atomic mass is 127. The zero-order valence-corrected chi connectivity index (χ0v) is 14.4. The van der Waals surface area contributed by atoms with Gasteiger partial charge in [-0.2, -0.15) is 0 Å². The number of benzene rings is 1. The number of piperidine rings is 1. The number of aryl methyl sites for hydroxylation is 1. The molecule has 20 heavy (non-hydrogen) atoms. The first kappa shape index (κ1) is 15.8. The van der Waals surface area contributed by atoms with Gasteiger partial charge in [-0.3, -0.25) is 4.79 Å². The normalized spacial score (nSPS) is 20.4. The van der Waals surface area contributed by atoms with Crippen molar-refractivity contribution in [3.05, 3.63) is 27.3 Å². The highest BCUT2D eigenvalue weighted by molar-refractivity contribution is 14.1. The van der Waals surface area contributed by atoms with Gasteiger partial charge < -0.3 is 10.6 Å². The topological polar surface area (TPSA) is 41.1 Å². The lowest BCUT2D eigenvalue weighted by atomic mass is 9.85. The van der Waals surface area contributed by atoms with Crippen LogP contribution in [0.25, 0.3) is 0 Å². The van der Waals surface area contributed by atoms with Crippen molar-refractivity contribution in [3.8, 4) is 0 Å². The molecule has 4 heteroatoms. The third-order valence-corrected chi connectivity index (χ3v) is 5.26. The Bertz CT molecular complexity index is 470. The molecule has 1 saturated heterocycles. The summed E-state index contributed by atoms with van der Waals surface area (Å²) < 4.78 is 1.19. The van der Waals surface area contributed by atoms with Crippen molar-refractivity contribution >= 4 is 34.2 Å². The molecule has 1 aliphatic rings. The Kier molecular flexibility index (Phi) is 5.84. The van der Waals surface area contributed by atoms with Gasteiger partial charge in [0, 0.05) is 15.7 Å². The van der Waals surface area contributed by atoms with E-state index in [0.717, 1.165) is 18.8 Å². The second-order valence-corrected chi connectivity index (χ2v) is 6.96. The molecular formula is C16H23IN2O. The lowest BCUT2D eigenvalue weighted by Gasteiger charge is -2.28. The number of rotatable bonds is 4. The lowest BCUT2D eigenvalue weighted by molar-refractivity contribution is -0.117. The van der Waals surface area contributed by atoms with Crippen LogP contribution >= 0.6 is 22.6 Å². The Morgan fingerprint density at radius 2 is 2.35 bits per heavy atom. The quantitative estimate of drug-likeness (QED) is 0.777. The minimum atomic E-state index is 0.128. The van der Waals surface area contributed by atoms with Crippen molar-refractivity contribution in [2.75, 3.05) is 18.4 Å². The maximum Gasteiger partial charge on any atom is 0.224 e. The number of carbonyl (C=O) groups is 1. The molecule has 0 bridgehead atoms. The van der Waals surface area contributed by atoms with E-state index in [0.29, 0.717) is 18.3 Å². The SMILES string of the molecule is Cc1ccc(NC(=O)CC(C)C2CCCNC2)cc1I. The van der Waals surface area contributed by atoms with Crippen molar-refractivity contribution in [1.82, 2.24) is 5.32 Å². The van der Waals surface area contributed by atoms with Crippen molar-refractivity contribution in [1.29, 1.82) is 0 Å². The van der Waals surface area contributed by atoms with E-state index in [1.54, 1.807) is 0 Å². The standard InChI is InChI=1S/C16H23IN2O/c1-11-5-6-14(9-15(11)17)19-16(20)8-12(2)13-4-3-7-18-10-13/h5-6,9,12-13,18H,3-4,7-8,10H2,1-2H3,(H,19,20). The van der Waals surface area contributed by atoms with Gasteiger partial charge in [-0.15, -0.1) is 0 Å². The van der Waals surface area contributed by atoms with E-state index < -0.39 is 0 Å². The Morgan fingerprint density at radius 3 is 3.00 bits per heavy atom. The first-order chi connectivity index (χ1) is 9.56. The van der Waals surface area contributed by atoms with E-state index in [1.165, 1.54) is 22.0 Å². The molecule has 1 aromatic rings. The van der Waals surface area contributed by atoms with Crippen molar-refractivity contribution in [3.63, 3.8) is 0 Å². The third-order valence-electron chi connectivity index (χ3n) is 4.10. The highest BCUT2D eigenvalue weighted by Gasteiger charge is 2.22. The van der Waals surface area contributed by atoms with Crippen LogP contribution in [0.5, 0.6) is 0 Å². The van der Waals surface area contributed by atoms with Crippen LogP contribution in [0.4, 0.5) is 5.69 Å². The minimum absolute atomic E-state index is 0.128. The Hall–Kier alpha value is -0.620. The summed E-state index contributed by atoms with van der Waals surface area (Å²) in [5.74, 6) is 1.20. The molecule has 0 aliphatic carbocycles. The molecule has 110 valence electrons. The fraction of sp³-hybridized carbons (Fsp3) is 0.562. The molecule has 2 N–H and O–H groups in total. The molecule has 1 amide bonds. The summed E-state index contributed by atoms with van der Waals surface area (Å²) in [6.07, 6.45) is 3.08. The molecule has 3 nitrogen and oxygen atoms in total. The molecule has 2 unspecified atom stereocenters. The van der Waals surface area contributed by atoms with Crippen LogP contribution in [-0.4, -0.2) is 19.0 Å². The monoisotopic (exact) mass is 386 g/mol.